The zero-order valence-electron chi connectivity index (χ0n) is 7.25. The van der Waals surface area contributed by atoms with E-state index in [1.807, 2.05) is 12.1 Å². The SMILES string of the molecule is O=C1CCCC(c2ccc(Br)o2)C1. The molecule has 1 fully saturated rings. The average Bonchev–Trinajstić information content (AvgIpc) is 2.52. The zero-order valence-corrected chi connectivity index (χ0v) is 8.84. The third kappa shape index (κ3) is 2.02. The molecule has 0 aliphatic heterocycles. The van der Waals surface area contributed by atoms with Gasteiger partial charge in [0.2, 0.25) is 0 Å². The summed E-state index contributed by atoms with van der Waals surface area (Å²) in [6.45, 7) is 0. The molecule has 1 aliphatic rings. The fraction of sp³-hybridized carbons (Fsp3) is 0.500. The number of hydrogen-bond donors (Lipinski definition) is 0. The number of rotatable bonds is 1. The van der Waals surface area contributed by atoms with Crippen LogP contribution in [0, 0.1) is 0 Å². The van der Waals surface area contributed by atoms with E-state index in [9.17, 15) is 4.79 Å². The van der Waals surface area contributed by atoms with Crippen LogP contribution in [0.1, 0.15) is 37.4 Å². The molecule has 2 nitrogen and oxygen atoms in total. The van der Waals surface area contributed by atoms with Crippen LogP contribution in [0.2, 0.25) is 0 Å². The Hall–Kier alpha value is -0.570. The van der Waals surface area contributed by atoms with Crippen LogP contribution >= 0.6 is 15.9 Å². The predicted octanol–water partition coefficient (Wildman–Crippen LogP) is 3.27. The van der Waals surface area contributed by atoms with Crippen molar-refractivity contribution in [3.8, 4) is 0 Å². The number of ketones is 1. The van der Waals surface area contributed by atoms with Gasteiger partial charge < -0.3 is 4.42 Å². The third-order valence-corrected chi connectivity index (χ3v) is 2.90. The van der Waals surface area contributed by atoms with Gasteiger partial charge in [0, 0.05) is 18.8 Å². The van der Waals surface area contributed by atoms with Crippen molar-refractivity contribution < 1.29 is 9.21 Å². The van der Waals surface area contributed by atoms with Crippen LogP contribution in [0.15, 0.2) is 21.2 Å². The minimum atomic E-state index is 0.313. The van der Waals surface area contributed by atoms with Crippen molar-refractivity contribution in [1.29, 1.82) is 0 Å². The Balaban J connectivity index is 2.12. The number of carbonyl (C=O) groups is 1. The number of carbonyl (C=O) groups excluding carboxylic acids is 1. The highest BCUT2D eigenvalue weighted by Gasteiger charge is 2.23. The molecule has 13 heavy (non-hydrogen) atoms. The first-order chi connectivity index (χ1) is 6.25. The normalized spacial score (nSPS) is 23.5. The Morgan fingerprint density at radius 1 is 1.46 bits per heavy atom. The summed E-state index contributed by atoms with van der Waals surface area (Å²) in [5, 5.41) is 0. The van der Waals surface area contributed by atoms with Gasteiger partial charge in [-0.05, 0) is 40.9 Å². The second-order valence-electron chi connectivity index (χ2n) is 3.47. The van der Waals surface area contributed by atoms with Crippen LogP contribution in [-0.4, -0.2) is 5.78 Å². The lowest BCUT2D eigenvalue weighted by Crippen LogP contribution is -2.12. The molecule has 0 N–H and O–H groups in total. The van der Waals surface area contributed by atoms with Crippen molar-refractivity contribution in [2.75, 3.05) is 0 Å². The molecule has 70 valence electrons. The Morgan fingerprint density at radius 2 is 2.31 bits per heavy atom. The van der Waals surface area contributed by atoms with E-state index in [1.165, 1.54) is 0 Å². The lowest BCUT2D eigenvalue weighted by molar-refractivity contribution is -0.120. The standard InChI is InChI=1S/C10H11BrO2/c11-10-5-4-9(13-10)7-2-1-3-8(12)6-7/h4-5,7H,1-3,6H2. The van der Waals surface area contributed by atoms with Gasteiger partial charge in [0.05, 0.1) is 0 Å². The summed E-state index contributed by atoms with van der Waals surface area (Å²) in [7, 11) is 0. The monoisotopic (exact) mass is 242 g/mol. The largest absolute Gasteiger partial charge is 0.454 e. The van der Waals surface area contributed by atoms with Gasteiger partial charge in [-0.1, -0.05) is 0 Å². The molecule has 0 bridgehead atoms. The summed E-state index contributed by atoms with van der Waals surface area (Å²) in [4.78, 5) is 11.2. The summed E-state index contributed by atoms with van der Waals surface area (Å²) >= 11 is 3.26. The van der Waals surface area contributed by atoms with Crippen LogP contribution in [0.25, 0.3) is 0 Å². The van der Waals surface area contributed by atoms with Gasteiger partial charge in [-0.2, -0.15) is 0 Å². The maximum Gasteiger partial charge on any atom is 0.169 e. The van der Waals surface area contributed by atoms with Gasteiger partial charge in [-0.3, -0.25) is 4.79 Å². The van der Waals surface area contributed by atoms with Crippen molar-refractivity contribution in [3.63, 3.8) is 0 Å². The number of halogens is 1. The Kier molecular flexibility index (Phi) is 2.54. The minimum absolute atomic E-state index is 0.313. The van der Waals surface area contributed by atoms with Crippen molar-refractivity contribution in [2.45, 2.75) is 31.6 Å². The van der Waals surface area contributed by atoms with E-state index in [4.69, 9.17) is 4.42 Å². The Bertz CT molecular complexity index is 316. The summed E-state index contributed by atoms with van der Waals surface area (Å²) in [6, 6.07) is 3.84. The van der Waals surface area contributed by atoms with Gasteiger partial charge in [0.15, 0.2) is 4.67 Å². The quantitative estimate of drug-likeness (QED) is 0.757. The number of Topliss-reactive ketones (excluding diaryl/α,β-unsaturated/α-hetero) is 1. The zero-order chi connectivity index (χ0) is 9.26. The molecule has 0 radical (unpaired) electrons. The molecule has 1 atom stereocenters. The van der Waals surface area contributed by atoms with Gasteiger partial charge in [0.1, 0.15) is 11.5 Å². The van der Waals surface area contributed by atoms with Crippen LogP contribution in [0.5, 0.6) is 0 Å². The molecule has 1 saturated carbocycles. The minimum Gasteiger partial charge on any atom is -0.454 e. The molecular formula is C10H11BrO2. The van der Waals surface area contributed by atoms with Crippen molar-refractivity contribution in [2.24, 2.45) is 0 Å². The fourth-order valence-electron chi connectivity index (χ4n) is 1.82. The molecule has 0 amide bonds. The molecule has 0 spiro atoms. The second-order valence-corrected chi connectivity index (χ2v) is 4.26. The van der Waals surface area contributed by atoms with E-state index in [1.54, 1.807) is 0 Å². The predicted molar refractivity (Wildman–Crippen MR) is 52.6 cm³/mol. The van der Waals surface area contributed by atoms with Crippen molar-refractivity contribution >= 4 is 21.7 Å². The lowest BCUT2D eigenvalue weighted by Gasteiger charge is -2.18. The van der Waals surface area contributed by atoms with Gasteiger partial charge in [-0.15, -0.1) is 0 Å². The van der Waals surface area contributed by atoms with E-state index >= 15 is 0 Å². The van der Waals surface area contributed by atoms with E-state index in [2.05, 4.69) is 15.9 Å². The summed E-state index contributed by atoms with van der Waals surface area (Å²) in [5.74, 6) is 1.62. The molecule has 1 heterocycles. The fourth-order valence-corrected chi connectivity index (χ4v) is 2.13. The average molecular weight is 243 g/mol. The number of furan rings is 1. The molecule has 1 unspecified atom stereocenters. The molecule has 1 aromatic heterocycles. The smallest absolute Gasteiger partial charge is 0.169 e. The van der Waals surface area contributed by atoms with Crippen LogP contribution < -0.4 is 0 Å². The molecular weight excluding hydrogens is 232 g/mol. The van der Waals surface area contributed by atoms with Gasteiger partial charge in [-0.25, -0.2) is 0 Å². The van der Waals surface area contributed by atoms with Crippen molar-refractivity contribution in [3.05, 3.63) is 22.6 Å². The van der Waals surface area contributed by atoms with Crippen molar-refractivity contribution in [1.82, 2.24) is 0 Å². The third-order valence-electron chi connectivity index (χ3n) is 2.48. The molecule has 0 aromatic carbocycles. The Morgan fingerprint density at radius 3 is 2.92 bits per heavy atom. The molecule has 3 heteroatoms. The topological polar surface area (TPSA) is 30.2 Å². The number of hydrogen-bond acceptors (Lipinski definition) is 2. The Labute approximate surface area is 85.4 Å². The van der Waals surface area contributed by atoms with E-state index < -0.39 is 0 Å². The molecule has 0 saturated heterocycles. The summed E-state index contributed by atoms with van der Waals surface area (Å²) in [6.07, 6.45) is 3.48. The first-order valence-electron chi connectivity index (χ1n) is 4.52. The van der Waals surface area contributed by atoms with Gasteiger partial charge >= 0.3 is 0 Å². The van der Waals surface area contributed by atoms with E-state index in [-0.39, 0.29) is 0 Å². The highest BCUT2D eigenvalue weighted by molar-refractivity contribution is 9.10. The highest BCUT2D eigenvalue weighted by atomic mass is 79.9. The van der Waals surface area contributed by atoms with Crippen LogP contribution in [0.4, 0.5) is 0 Å². The van der Waals surface area contributed by atoms with Crippen LogP contribution in [-0.2, 0) is 4.79 Å². The lowest BCUT2D eigenvalue weighted by atomic mass is 9.87. The summed E-state index contributed by atoms with van der Waals surface area (Å²) < 4.78 is 6.19. The van der Waals surface area contributed by atoms with Crippen LogP contribution in [0.3, 0.4) is 0 Å². The molecule has 1 aliphatic carbocycles. The summed E-state index contributed by atoms with van der Waals surface area (Å²) in [5.41, 5.74) is 0. The molecule has 1 aromatic rings. The maximum absolute atomic E-state index is 11.2. The van der Waals surface area contributed by atoms with E-state index in [0.717, 1.165) is 29.7 Å². The highest BCUT2D eigenvalue weighted by Crippen LogP contribution is 2.32. The van der Waals surface area contributed by atoms with Gasteiger partial charge in [0.25, 0.3) is 0 Å². The second kappa shape index (κ2) is 3.66. The van der Waals surface area contributed by atoms with E-state index in [0.29, 0.717) is 18.1 Å². The first kappa shape index (κ1) is 9.00. The maximum atomic E-state index is 11.2. The molecule has 2 rings (SSSR count). The first-order valence-corrected chi connectivity index (χ1v) is 5.32.